The third-order valence-electron chi connectivity index (χ3n) is 3.30. The van der Waals surface area contributed by atoms with E-state index in [0.717, 1.165) is 0 Å². The second-order valence-electron chi connectivity index (χ2n) is 4.32. The summed E-state index contributed by atoms with van der Waals surface area (Å²) in [7, 11) is 0. The van der Waals surface area contributed by atoms with E-state index in [1.165, 1.54) is 37.7 Å². The molecule has 0 spiro atoms. The van der Waals surface area contributed by atoms with Crippen molar-refractivity contribution in [3.8, 4) is 0 Å². The van der Waals surface area contributed by atoms with Gasteiger partial charge in [0.1, 0.15) is 0 Å². The Balaban J connectivity index is 2.15. The van der Waals surface area contributed by atoms with Crippen LogP contribution in [0, 0.1) is 0 Å². The predicted octanol–water partition coefficient (Wildman–Crippen LogP) is 3.06. The molecule has 1 aromatic carbocycles. The van der Waals surface area contributed by atoms with Crippen molar-refractivity contribution in [2.24, 2.45) is 5.73 Å². The quantitative estimate of drug-likeness (QED) is 0.675. The van der Waals surface area contributed by atoms with Crippen LogP contribution in [0.4, 0.5) is 0 Å². The predicted molar refractivity (Wildman–Crippen MR) is 60.2 cm³/mol. The van der Waals surface area contributed by atoms with E-state index in [2.05, 4.69) is 30.3 Å². The van der Waals surface area contributed by atoms with Crippen molar-refractivity contribution in [1.82, 2.24) is 0 Å². The van der Waals surface area contributed by atoms with Crippen LogP contribution in [0.2, 0.25) is 0 Å². The summed E-state index contributed by atoms with van der Waals surface area (Å²) in [6.45, 7) is 0. The third-order valence-corrected chi connectivity index (χ3v) is 3.30. The zero-order valence-corrected chi connectivity index (χ0v) is 8.65. The minimum absolute atomic E-state index is 0.375. The van der Waals surface area contributed by atoms with E-state index < -0.39 is 0 Å². The first-order valence-electron chi connectivity index (χ1n) is 5.68. The summed E-state index contributed by atoms with van der Waals surface area (Å²) in [6.07, 6.45) is 6.47. The van der Waals surface area contributed by atoms with Crippen molar-refractivity contribution >= 4 is 0 Å². The summed E-state index contributed by atoms with van der Waals surface area (Å²) in [4.78, 5) is 0. The zero-order valence-electron chi connectivity index (χ0n) is 8.65. The molecule has 2 atom stereocenters. The second kappa shape index (κ2) is 4.61. The van der Waals surface area contributed by atoms with Crippen LogP contribution in [0.25, 0.3) is 0 Å². The van der Waals surface area contributed by atoms with E-state index in [-0.39, 0.29) is 0 Å². The Bertz CT molecular complexity index is 268. The number of nitrogens with two attached hydrogens (primary N) is 1. The lowest BCUT2D eigenvalue weighted by Gasteiger charge is -2.21. The van der Waals surface area contributed by atoms with Crippen molar-refractivity contribution in [3.05, 3.63) is 35.9 Å². The van der Waals surface area contributed by atoms with Gasteiger partial charge in [-0.2, -0.15) is 0 Å². The molecule has 1 aliphatic rings. The lowest BCUT2D eigenvalue weighted by molar-refractivity contribution is 0.505. The van der Waals surface area contributed by atoms with Gasteiger partial charge in [-0.15, -0.1) is 0 Å². The van der Waals surface area contributed by atoms with E-state index in [1.54, 1.807) is 0 Å². The molecule has 1 aliphatic carbocycles. The molecule has 2 N–H and O–H groups in total. The molecule has 14 heavy (non-hydrogen) atoms. The number of benzene rings is 1. The highest BCUT2D eigenvalue weighted by Crippen LogP contribution is 2.30. The molecule has 0 radical (unpaired) electrons. The Hall–Kier alpha value is -0.820. The summed E-state index contributed by atoms with van der Waals surface area (Å²) in [5, 5.41) is 0. The molecular weight excluding hydrogens is 170 g/mol. The molecule has 1 fully saturated rings. The second-order valence-corrected chi connectivity index (χ2v) is 4.32. The van der Waals surface area contributed by atoms with Gasteiger partial charge in [-0.25, -0.2) is 0 Å². The van der Waals surface area contributed by atoms with Crippen LogP contribution in [-0.2, 0) is 0 Å². The van der Waals surface area contributed by atoms with Crippen molar-refractivity contribution in [2.75, 3.05) is 0 Å². The summed E-state index contributed by atoms with van der Waals surface area (Å²) in [5.41, 5.74) is 7.64. The lowest BCUT2D eigenvalue weighted by atomic mass is 9.88. The van der Waals surface area contributed by atoms with E-state index in [9.17, 15) is 0 Å². The van der Waals surface area contributed by atoms with Gasteiger partial charge in [-0.05, 0) is 24.3 Å². The molecule has 1 saturated carbocycles. The smallest absolute Gasteiger partial charge is 0.0108 e. The van der Waals surface area contributed by atoms with Gasteiger partial charge in [0.25, 0.3) is 0 Å². The maximum Gasteiger partial charge on any atom is 0.0108 e. The van der Waals surface area contributed by atoms with Gasteiger partial charge in [-0.1, -0.05) is 49.6 Å². The number of hydrogen-bond donors (Lipinski definition) is 1. The van der Waals surface area contributed by atoms with Gasteiger partial charge in [0.05, 0.1) is 0 Å². The van der Waals surface area contributed by atoms with Gasteiger partial charge in [0.15, 0.2) is 0 Å². The summed E-state index contributed by atoms with van der Waals surface area (Å²) < 4.78 is 0. The highest BCUT2D eigenvalue weighted by molar-refractivity contribution is 5.21. The topological polar surface area (TPSA) is 26.0 Å². The Kier molecular flexibility index (Phi) is 3.20. The first-order valence-corrected chi connectivity index (χ1v) is 5.68. The van der Waals surface area contributed by atoms with Crippen LogP contribution in [0.15, 0.2) is 30.3 Å². The van der Waals surface area contributed by atoms with Crippen molar-refractivity contribution in [2.45, 2.75) is 44.1 Å². The maximum absolute atomic E-state index is 6.21. The molecule has 1 aromatic rings. The van der Waals surface area contributed by atoms with E-state index in [4.69, 9.17) is 5.73 Å². The van der Waals surface area contributed by atoms with Crippen LogP contribution in [0.5, 0.6) is 0 Å². The molecule has 0 aromatic heterocycles. The standard InChI is InChI=1S/C13H19N/c14-13-10-6-2-5-9-12(13)11-7-3-1-4-8-11/h1,3-4,7-8,12-13H,2,5-6,9-10,14H2/t12-,13-/m0/s1. The minimum Gasteiger partial charge on any atom is -0.327 e. The fourth-order valence-corrected chi connectivity index (χ4v) is 2.45. The van der Waals surface area contributed by atoms with Crippen molar-refractivity contribution in [3.63, 3.8) is 0 Å². The van der Waals surface area contributed by atoms with Crippen molar-refractivity contribution < 1.29 is 0 Å². The van der Waals surface area contributed by atoms with Crippen LogP contribution < -0.4 is 5.73 Å². The molecule has 76 valence electrons. The normalized spacial score (nSPS) is 28.4. The molecule has 0 unspecified atom stereocenters. The monoisotopic (exact) mass is 189 g/mol. The van der Waals surface area contributed by atoms with Gasteiger partial charge in [0.2, 0.25) is 0 Å². The summed E-state index contributed by atoms with van der Waals surface area (Å²) in [6, 6.07) is 11.1. The number of hydrogen-bond acceptors (Lipinski definition) is 1. The van der Waals surface area contributed by atoms with E-state index in [1.807, 2.05) is 0 Å². The van der Waals surface area contributed by atoms with Crippen LogP contribution >= 0.6 is 0 Å². The molecule has 0 heterocycles. The first kappa shape index (κ1) is 9.72. The molecule has 2 rings (SSSR count). The SMILES string of the molecule is N[C@H]1CCCCC[C@H]1c1ccccc1. The van der Waals surface area contributed by atoms with E-state index in [0.29, 0.717) is 12.0 Å². The average molecular weight is 189 g/mol. The molecule has 0 aliphatic heterocycles. The molecule has 0 saturated heterocycles. The molecule has 0 bridgehead atoms. The molecule has 0 amide bonds. The molecule has 1 heteroatoms. The highest BCUT2D eigenvalue weighted by Gasteiger charge is 2.21. The average Bonchev–Trinajstić information content (AvgIpc) is 2.44. The fraction of sp³-hybridized carbons (Fsp3) is 0.538. The fourth-order valence-electron chi connectivity index (χ4n) is 2.45. The lowest BCUT2D eigenvalue weighted by Crippen LogP contribution is -2.27. The first-order chi connectivity index (χ1) is 6.88. The molecular formula is C13H19N. The van der Waals surface area contributed by atoms with Crippen molar-refractivity contribution in [1.29, 1.82) is 0 Å². The Labute approximate surface area is 86.3 Å². The summed E-state index contributed by atoms with van der Waals surface area (Å²) in [5.74, 6) is 0.596. The zero-order chi connectivity index (χ0) is 9.80. The van der Waals surface area contributed by atoms with Crippen LogP contribution in [0.3, 0.4) is 0 Å². The summed E-state index contributed by atoms with van der Waals surface area (Å²) >= 11 is 0. The van der Waals surface area contributed by atoms with Crippen LogP contribution in [0.1, 0.15) is 43.6 Å². The van der Waals surface area contributed by atoms with E-state index >= 15 is 0 Å². The molecule has 1 nitrogen and oxygen atoms in total. The van der Waals surface area contributed by atoms with Crippen LogP contribution in [-0.4, -0.2) is 6.04 Å². The van der Waals surface area contributed by atoms with Gasteiger partial charge in [-0.3, -0.25) is 0 Å². The van der Waals surface area contributed by atoms with Gasteiger partial charge in [0, 0.05) is 6.04 Å². The van der Waals surface area contributed by atoms with Gasteiger partial charge < -0.3 is 5.73 Å². The largest absolute Gasteiger partial charge is 0.327 e. The Morgan fingerprint density at radius 1 is 0.929 bits per heavy atom. The minimum atomic E-state index is 0.375. The van der Waals surface area contributed by atoms with Gasteiger partial charge >= 0.3 is 0 Å². The Morgan fingerprint density at radius 3 is 2.43 bits per heavy atom. The highest BCUT2D eigenvalue weighted by atomic mass is 14.6. The number of rotatable bonds is 1. The maximum atomic E-state index is 6.21. The third kappa shape index (κ3) is 2.16. The Morgan fingerprint density at radius 2 is 1.64 bits per heavy atom.